The Morgan fingerprint density at radius 3 is 2.39 bits per heavy atom. The summed E-state index contributed by atoms with van der Waals surface area (Å²) in [7, 11) is 2.27. The Morgan fingerprint density at radius 2 is 1.78 bits per heavy atom. The molecular formula is C14H25N3O. The summed E-state index contributed by atoms with van der Waals surface area (Å²) >= 11 is 0. The molecule has 3 rings (SSSR count). The van der Waals surface area contributed by atoms with Gasteiger partial charge in [0, 0.05) is 37.1 Å². The zero-order chi connectivity index (χ0) is 12.5. The number of carbonyl (C=O) groups excluding carboxylic acids is 1. The number of nitrogens with zero attached hydrogens (tertiary/aromatic N) is 1. The van der Waals surface area contributed by atoms with Crippen LogP contribution in [0.2, 0.25) is 0 Å². The van der Waals surface area contributed by atoms with Crippen molar-refractivity contribution in [3.8, 4) is 0 Å². The second kappa shape index (κ2) is 5.17. The molecule has 4 heteroatoms. The normalized spacial score (nSPS) is 35.7. The standard InChI is InChI=1S/C14H25N3O/c1-17-12-4-5-13(17)9-11(8-12)15-7-6-14(18)16-10-2-3-10/h10-13,15H,2-9H2,1H3,(H,16,18). The van der Waals surface area contributed by atoms with Gasteiger partial charge in [-0.2, -0.15) is 0 Å². The molecule has 102 valence electrons. The number of rotatable bonds is 5. The Hall–Kier alpha value is -0.610. The lowest BCUT2D eigenvalue weighted by Gasteiger charge is -2.36. The maximum Gasteiger partial charge on any atom is 0.221 e. The van der Waals surface area contributed by atoms with E-state index >= 15 is 0 Å². The van der Waals surface area contributed by atoms with Crippen molar-refractivity contribution in [2.45, 2.75) is 69.1 Å². The number of carbonyl (C=O) groups is 1. The van der Waals surface area contributed by atoms with Gasteiger partial charge in [0.05, 0.1) is 0 Å². The predicted molar refractivity (Wildman–Crippen MR) is 71.4 cm³/mol. The summed E-state index contributed by atoms with van der Waals surface area (Å²) in [5, 5.41) is 6.62. The Labute approximate surface area is 109 Å². The van der Waals surface area contributed by atoms with Gasteiger partial charge in [0.1, 0.15) is 0 Å². The lowest BCUT2D eigenvalue weighted by Crippen LogP contribution is -2.47. The Bertz CT molecular complexity index is 302. The fourth-order valence-electron chi connectivity index (χ4n) is 3.50. The molecule has 0 aromatic heterocycles. The van der Waals surface area contributed by atoms with Crippen LogP contribution in [0.5, 0.6) is 0 Å². The largest absolute Gasteiger partial charge is 0.353 e. The van der Waals surface area contributed by atoms with Gasteiger partial charge >= 0.3 is 0 Å². The molecule has 2 aliphatic heterocycles. The lowest BCUT2D eigenvalue weighted by molar-refractivity contribution is -0.121. The van der Waals surface area contributed by atoms with Crippen LogP contribution in [0.1, 0.15) is 44.9 Å². The maximum atomic E-state index is 11.6. The average molecular weight is 251 g/mol. The molecule has 3 fully saturated rings. The van der Waals surface area contributed by atoms with E-state index in [0.717, 1.165) is 18.6 Å². The van der Waals surface area contributed by atoms with Gasteiger partial charge in [-0.15, -0.1) is 0 Å². The van der Waals surface area contributed by atoms with Gasteiger partial charge in [0.15, 0.2) is 0 Å². The van der Waals surface area contributed by atoms with Crippen molar-refractivity contribution in [3.63, 3.8) is 0 Å². The van der Waals surface area contributed by atoms with Gasteiger partial charge in [-0.1, -0.05) is 0 Å². The Kier molecular flexibility index (Phi) is 3.57. The number of amides is 1. The molecule has 0 aromatic carbocycles. The second-order valence-electron chi connectivity index (χ2n) is 6.26. The average Bonchev–Trinajstić information content (AvgIpc) is 3.10. The van der Waals surface area contributed by atoms with Gasteiger partial charge in [0.25, 0.3) is 0 Å². The van der Waals surface area contributed by atoms with E-state index < -0.39 is 0 Å². The van der Waals surface area contributed by atoms with Crippen LogP contribution >= 0.6 is 0 Å². The van der Waals surface area contributed by atoms with E-state index in [1.807, 2.05) is 0 Å². The van der Waals surface area contributed by atoms with E-state index in [-0.39, 0.29) is 5.91 Å². The highest BCUT2D eigenvalue weighted by Crippen LogP contribution is 2.34. The Morgan fingerprint density at radius 1 is 1.11 bits per heavy atom. The third-order valence-electron chi connectivity index (χ3n) is 4.83. The van der Waals surface area contributed by atoms with Gasteiger partial charge in [0.2, 0.25) is 5.91 Å². The molecule has 0 aromatic rings. The number of fused-ring (bicyclic) bond motifs is 2. The lowest BCUT2D eigenvalue weighted by atomic mass is 9.98. The molecule has 2 bridgehead atoms. The number of piperidine rings is 1. The first-order valence-electron chi connectivity index (χ1n) is 7.47. The molecule has 3 aliphatic rings. The SMILES string of the molecule is CN1C2CCC1CC(NCCC(=O)NC1CC1)C2. The van der Waals surface area contributed by atoms with E-state index in [0.29, 0.717) is 18.5 Å². The van der Waals surface area contributed by atoms with Crippen LogP contribution in [-0.2, 0) is 4.79 Å². The highest BCUT2D eigenvalue weighted by Gasteiger charge is 2.38. The van der Waals surface area contributed by atoms with E-state index in [1.165, 1.54) is 38.5 Å². The zero-order valence-corrected chi connectivity index (χ0v) is 11.3. The second-order valence-corrected chi connectivity index (χ2v) is 6.26. The number of hydrogen-bond donors (Lipinski definition) is 2. The summed E-state index contributed by atoms with van der Waals surface area (Å²) in [6.45, 7) is 0.840. The first-order valence-corrected chi connectivity index (χ1v) is 7.47. The highest BCUT2D eigenvalue weighted by molar-refractivity contribution is 5.76. The molecule has 2 heterocycles. The van der Waals surface area contributed by atoms with Crippen molar-refractivity contribution >= 4 is 5.91 Å². The first-order chi connectivity index (χ1) is 8.72. The van der Waals surface area contributed by atoms with E-state index in [2.05, 4.69) is 22.6 Å². The van der Waals surface area contributed by atoms with Crippen molar-refractivity contribution in [3.05, 3.63) is 0 Å². The fraction of sp³-hybridized carbons (Fsp3) is 0.929. The molecule has 1 amide bonds. The quantitative estimate of drug-likeness (QED) is 0.762. The minimum atomic E-state index is 0.223. The van der Waals surface area contributed by atoms with Crippen molar-refractivity contribution in [1.82, 2.24) is 15.5 Å². The third-order valence-corrected chi connectivity index (χ3v) is 4.83. The molecular weight excluding hydrogens is 226 g/mol. The molecule has 0 spiro atoms. The van der Waals surface area contributed by atoms with Crippen LogP contribution in [0.3, 0.4) is 0 Å². The summed E-state index contributed by atoms with van der Waals surface area (Å²) in [4.78, 5) is 14.1. The third kappa shape index (κ3) is 2.86. The van der Waals surface area contributed by atoms with Crippen molar-refractivity contribution in [2.75, 3.05) is 13.6 Å². The molecule has 2 unspecified atom stereocenters. The number of nitrogens with one attached hydrogen (secondary N) is 2. The van der Waals surface area contributed by atoms with E-state index in [9.17, 15) is 4.79 Å². The van der Waals surface area contributed by atoms with E-state index in [1.54, 1.807) is 0 Å². The van der Waals surface area contributed by atoms with Crippen LogP contribution in [0, 0.1) is 0 Å². The van der Waals surface area contributed by atoms with Crippen LogP contribution in [0.25, 0.3) is 0 Å². The summed E-state index contributed by atoms with van der Waals surface area (Å²) in [5.41, 5.74) is 0. The summed E-state index contributed by atoms with van der Waals surface area (Å²) in [6, 6.07) is 2.69. The summed E-state index contributed by atoms with van der Waals surface area (Å²) < 4.78 is 0. The smallest absolute Gasteiger partial charge is 0.221 e. The topological polar surface area (TPSA) is 44.4 Å². The Balaban J connectivity index is 1.35. The van der Waals surface area contributed by atoms with Crippen LogP contribution in [0.15, 0.2) is 0 Å². The first kappa shape index (κ1) is 12.4. The maximum absolute atomic E-state index is 11.6. The molecule has 4 nitrogen and oxygen atoms in total. The van der Waals surface area contributed by atoms with Gasteiger partial charge in [-0.05, 0) is 45.6 Å². The molecule has 1 aliphatic carbocycles. The van der Waals surface area contributed by atoms with Crippen LogP contribution in [-0.4, -0.2) is 48.6 Å². The molecule has 2 atom stereocenters. The molecule has 18 heavy (non-hydrogen) atoms. The summed E-state index contributed by atoms with van der Waals surface area (Å²) in [6.07, 6.45) is 8.24. The minimum Gasteiger partial charge on any atom is -0.353 e. The van der Waals surface area contributed by atoms with Crippen LogP contribution < -0.4 is 10.6 Å². The molecule has 2 N–H and O–H groups in total. The predicted octanol–water partition coefficient (Wildman–Crippen LogP) is 0.870. The molecule has 1 saturated carbocycles. The van der Waals surface area contributed by atoms with Crippen molar-refractivity contribution in [2.24, 2.45) is 0 Å². The van der Waals surface area contributed by atoms with Gasteiger partial charge < -0.3 is 15.5 Å². The summed E-state index contributed by atoms with van der Waals surface area (Å²) in [5.74, 6) is 0.223. The van der Waals surface area contributed by atoms with E-state index in [4.69, 9.17) is 0 Å². The van der Waals surface area contributed by atoms with Crippen LogP contribution in [0.4, 0.5) is 0 Å². The monoisotopic (exact) mass is 251 g/mol. The number of hydrogen-bond acceptors (Lipinski definition) is 3. The molecule has 2 saturated heterocycles. The van der Waals surface area contributed by atoms with Crippen molar-refractivity contribution < 1.29 is 4.79 Å². The fourth-order valence-corrected chi connectivity index (χ4v) is 3.50. The molecule has 0 radical (unpaired) electrons. The van der Waals surface area contributed by atoms with Gasteiger partial charge in [-0.25, -0.2) is 0 Å². The van der Waals surface area contributed by atoms with Crippen molar-refractivity contribution in [1.29, 1.82) is 0 Å². The zero-order valence-electron chi connectivity index (χ0n) is 11.3. The minimum absolute atomic E-state index is 0.223. The highest BCUT2D eigenvalue weighted by atomic mass is 16.1. The van der Waals surface area contributed by atoms with Gasteiger partial charge in [-0.3, -0.25) is 4.79 Å².